The van der Waals surface area contributed by atoms with Crippen LogP contribution in [-0.2, 0) is 10.0 Å². The molecule has 2 atom stereocenters. The van der Waals surface area contributed by atoms with Crippen molar-refractivity contribution in [2.75, 3.05) is 6.54 Å². The first-order valence-electron chi connectivity index (χ1n) is 6.41. The molecule has 1 fully saturated rings. The highest BCUT2D eigenvalue weighted by molar-refractivity contribution is 9.10. The molecule has 0 radical (unpaired) electrons. The van der Waals surface area contributed by atoms with Gasteiger partial charge in [0, 0.05) is 16.6 Å². The number of hydrogen-bond acceptors (Lipinski definition) is 3. The van der Waals surface area contributed by atoms with Crippen molar-refractivity contribution < 1.29 is 8.42 Å². The number of benzene rings is 1. The third kappa shape index (κ3) is 4.18. The van der Waals surface area contributed by atoms with E-state index in [1.165, 1.54) is 0 Å². The number of rotatable bonds is 3. The molecule has 1 heterocycles. The third-order valence-electron chi connectivity index (χ3n) is 3.39. The van der Waals surface area contributed by atoms with E-state index in [2.05, 4.69) is 32.9 Å². The minimum absolute atomic E-state index is 0. The summed E-state index contributed by atoms with van der Waals surface area (Å²) in [6.07, 6.45) is 1.65. The zero-order chi connectivity index (χ0) is 14.0. The normalized spacial score (nSPS) is 23.1. The Morgan fingerprint density at radius 2 is 2.10 bits per heavy atom. The Kier molecular flexibility index (Phi) is 6.47. The first-order chi connectivity index (χ1) is 8.90. The van der Waals surface area contributed by atoms with E-state index in [-0.39, 0.29) is 18.4 Å². The summed E-state index contributed by atoms with van der Waals surface area (Å²) in [5.41, 5.74) is 0.918. The topological polar surface area (TPSA) is 58.2 Å². The number of sulfonamides is 1. The molecule has 7 heteroatoms. The number of halogens is 2. The van der Waals surface area contributed by atoms with Gasteiger partial charge in [-0.1, -0.05) is 12.1 Å². The molecule has 0 saturated carbocycles. The average molecular weight is 384 g/mol. The molecule has 1 aliphatic heterocycles. The van der Waals surface area contributed by atoms with Crippen molar-refractivity contribution in [1.82, 2.24) is 10.0 Å². The second-order valence-electron chi connectivity index (χ2n) is 5.08. The Hall–Kier alpha value is -0.140. The molecule has 4 nitrogen and oxygen atoms in total. The minimum atomic E-state index is -3.46. The molecule has 2 N–H and O–H groups in total. The van der Waals surface area contributed by atoms with Gasteiger partial charge in [-0.2, -0.15) is 0 Å². The lowest BCUT2D eigenvalue weighted by Crippen LogP contribution is -2.46. The summed E-state index contributed by atoms with van der Waals surface area (Å²) in [6.45, 7) is 4.81. The van der Waals surface area contributed by atoms with E-state index < -0.39 is 10.0 Å². The van der Waals surface area contributed by atoms with Gasteiger partial charge >= 0.3 is 0 Å². The van der Waals surface area contributed by atoms with E-state index in [1.807, 2.05) is 13.0 Å². The Labute approximate surface area is 135 Å². The number of hydrogen-bond donors (Lipinski definition) is 2. The number of piperidine rings is 1. The molecule has 20 heavy (non-hydrogen) atoms. The predicted octanol–water partition coefficient (Wildman–Crippen LogP) is 2.60. The van der Waals surface area contributed by atoms with Crippen molar-refractivity contribution in [2.45, 2.75) is 43.7 Å². The molecule has 1 aromatic carbocycles. The highest BCUT2D eigenvalue weighted by Gasteiger charge is 2.25. The largest absolute Gasteiger partial charge is 0.314 e. The average Bonchev–Trinajstić information content (AvgIpc) is 2.32. The molecule has 2 rings (SSSR count). The second kappa shape index (κ2) is 7.22. The summed E-state index contributed by atoms with van der Waals surface area (Å²) in [6, 6.07) is 5.63. The lowest BCUT2D eigenvalue weighted by atomic mass is 10.0. The van der Waals surface area contributed by atoms with Crippen molar-refractivity contribution >= 4 is 38.4 Å². The molecule has 0 spiro atoms. The van der Waals surface area contributed by atoms with Crippen LogP contribution in [-0.4, -0.2) is 27.0 Å². The third-order valence-corrected chi connectivity index (χ3v) is 6.27. The van der Waals surface area contributed by atoms with Gasteiger partial charge in [0.15, 0.2) is 0 Å². The quantitative estimate of drug-likeness (QED) is 0.843. The van der Waals surface area contributed by atoms with Crippen LogP contribution in [0.15, 0.2) is 27.6 Å². The molecule has 1 aromatic rings. The van der Waals surface area contributed by atoms with Gasteiger partial charge in [0.1, 0.15) is 0 Å². The maximum absolute atomic E-state index is 12.4. The summed E-state index contributed by atoms with van der Waals surface area (Å²) < 4.78 is 28.3. The van der Waals surface area contributed by atoms with Crippen LogP contribution in [0.5, 0.6) is 0 Å². The maximum Gasteiger partial charge on any atom is 0.241 e. The van der Waals surface area contributed by atoms with Gasteiger partial charge in [0.05, 0.1) is 4.90 Å². The van der Waals surface area contributed by atoms with Crippen LogP contribution in [0.4, 0.5) is 0 Å². The van der Waals surface area contributed by atoms with Crippen molar-refractivity contribution in [3.63, 3.8) is 0 Å². The summed E-state index contributed by atoms with van der Waals surface area (Å²) >= 11 is 3.36. The highest BCUT2D eigenvalue weighted by atomic mass is 79.9. The molecular weight excluding hydrogens is 364 g/mol. The Balaban J connectivity index is 0.00000200. The molecule has 1 saturated heterocycles. The molecule has 2 unspecified atom stereocenters. The molecule has 114 valence electrons. The van der Waals surface area contributed by atoms with Crippen LogP contribution >= 0.6 is 28.3 Å². The molecule has 0 bridgehead atoms. The maximum atomic E-state index is 12.4. The fourth-order valence-corrected chi connectivity index (χ4v) is 4.69. The van der Waals surface area contributed by atoms with E-state index >= 15 is 0 Å². The van der Waals surface area contributed by atoms with E-state index in [4.69, 9.17) is 0 Å². The minimum Gasteiger partial charge on any atom is -0.314 e. The van der Waals surface area contributed by atoms with Crippen molar-refractivity contribution in [3.8, 4) is 0 Å². The summed E-state index contributed by atoms with van der Waals surface area (Å²) in [7, 11) is -3.46. The van der Waals surface area contributed by atoms with Gasteiger partial charge in [-0.05, 0) is 60.8 Å². The van der Waals surface area contributed by atoms with Gasteiger partial charge in [-0.15, -0.1) is 12.4 Å². The molecule has 1 aliphatic rings. The van der Waals surface area contributed by atoms with Gasteiger partial charge in [0.25, 0.3) is 0 Å². The predicted molar refractivity (Wildman–Crippen MR) is 86.9 cm³/mol. The summed E-state index contributed by atoms with van der Waals surface area (Å²) in [4.78, 5) is 0.318. The van der Waals surface area contributed by atoms with Gasteiger partial charge in [0.2, 0.25) is 10.0 Å². The Morgan fingerprint density at radius 1 is 1.40 bits per heavy atom. The highest BCUT2D eigenvalue weighted by Crippen LogP contribution is 2.25. The van der Waals surface area contributed by atoms with Crippen LogP contribution in [0.25, 0.3) is 0 Å². The number of nitrogens with one attached hydrogen (secondary N) is 2. The van der Waals surface area contributed by atoms with Crippen LogP contribution in [0.3, 0.4) is 0 Å². The SMILES string of the molecule is Cc1cccc(S(=O)(=O)NC2CCNC(C)C2)c1Br.Cl. The van der Waals surface area contributed by atoms with Crippen molar-refractivity contribution in [3.05, 3.63) is 28.2 Å². The zero-order valence-corrected chi connectivity index (χ0v) is 14.7. The molecule has 0 aliphatic carbocycles. The van der Waals surface area contributed by atoms with Crippen LogP contribution in [0, 0.1) is 6.92 Å². The molecule has 0 amide bonds. The van der Waals surface area contributed by atoms with E-state index in [9.17, 15) is 8.42 Å². The van der Waals surface area contributed by atoms with E-state index in [0.29, 0.717) is 15.4 Å². The fraction of sp³-hybridized carbons (Fsp3) is 0.538. The van der Waals surface area contributed by atoms with Gasteiger partial charge in [-0.3, -0.25) is 0 Å². The Bertz CT molecular complexity index is 565. The summed E-state index contributed by atoms with van der Waals surface area (Å²) in [5, 5.41) is 3.31. The van der Waals surface area contributed by atoms with Crippen molar-refractivity contribution in [1.29, 1.82) is 0 Å². The second-order valence-corrected chi connectivity index (χ2v) is 7.56. The van der Waals surface area contributed by atoms with Crippen LogP contribution < -0.4 is 10.0 Å². The molecular formula is C13H20BrClN2O2S. The van der Waals surface area contributed by atoms with Gasteiger partial charge in [-0.25, -0.2) is 13.1 Å². The zero-order valence-electron chi connectivity index (χ0n) is 11.5. The standard InChI is InChI=1S/C13H19BrN2O2S.ClH/c1-9-4-3-5-12(13(9)14)19(17,18)16-11-6-7-15-10(2)8-11;/h3-5,10-11,15-16H,6-8H2,1-2H3;1H. The van der Waals surface area contributed by atoms with Crippen LogP contribution in [0.2, 0.25) is 0 Å². The summed E-state index contributed by atoms with van der Waals surface area (Å²) in [5.74, 6) is 0. The first kappa shape index (κ1) is 17.9. The smallest absolute Gasteiger partial charge is 0.241 e. The monoisotopic (exact) mass is 382 g/mol. The van der Waals surface area contributed by atoms with E-state index in [1.54, 1.807) is 12.1 Å². The van der Waals surface area contributed by atoms with E-state index in [0.717, 1.165) is 24.9 Å². The Morgan fingerprint density at radius 3 is 2.75 bits per heavy atom. The lowest BCUT2D eigenvalue weighted by molar-refractivity contribution is 0.361. The first-order valence-corrected chi connectivity index (χ1v) is 8.68. The molecule has 0 aromatic heterocycles. The van der Waals surface area contributed by atoms with Crippen molar-refractivity contribution in [2.24, 2.45) is 0 Å². The fourth-order valence-electron chi connectivity index (χ4n) is 2.35. The van der Waals surface area contributed by atoms with Crippen LogP contribution in [0.1, 0.15) is 25.3 Å². The lowest BCUT2D eigenvalue weighted by Gasteiger charge is -2.28. The van der Waals surface area contributed by atoms with Gasteiger partial charge < -0.3 is 5.32 Å². The number of aryl methyl sites for hydroxylation is 1.